The smallest absolute Gasteiger partial charge is 0.359 e. The van der Waals surface area contributed by atoms with Crippen LogP contribution >= 0.6 is 11.3 Å². The average Bonchev–Trinajstić information content (AvgIpc) is 2.47. The predicted molar refractivity (Wildman–Crippen MR) is 42.5 cm³/mol. The van der Waals surface area contributed by atoms with Gasteiger partial charge in [0.1, 0.15) is 0 Å². The summed E-state index contributed by atoms with van der Waals surface area (Å²) in [5, 5.41) is 8.07. The first kappa shape index (κ1) is 10.2. The SMILES string of the molecule is NCCNc1nnc(C(F)(F)F)s1. The summed E-state index contributed by atoms with van der Waals surface area (Å²) in [6, 6.07) is 0. The highest BCUT2D eigenvalue weighted by atomic mass is 32.1. The molecule has 0 radical (unpaired) electrons. The van der Waals surface area contributed by atoms with Gasteiger partial charge in [0.15, 0.2) is 0 Å². The van der Waals surface area contributed by atoms with Gasteiger partial charge in [0.2, 0.25) is 10.1 Å². The van der Waals surface area contributed by atoms with Crippen LogP contribution in [-0.4, -0.2) is 23.3 Å². The molecule has 0 aliphatic carbocycles. The first-order valence-electron chi connectivity index (χ1n) is 3.38. The van der Waals surface area contributed by atoms with Gasteiger partial charge in [-0.15, -0.1) is 10.2 Å². The quantitative estimate of drug-likeness (QED) is 0.782. The third-order valence-electron chi connectivity index (χ3n) is 1.09. The average molecular weight is 212 g/mol. The van der Waals surface area contributed by atoms with Crippen molar-refractivity contribution in [2.45, 2.75) is 6.18 Å². The topological polar surface area (TPSA) is 63.8 Å². The molecule has 3 N–H and O–H groups in total. The van der Waals surface area contributed by atoms with Crippen molar-refractivity contribution in [3.8, 4) is 0 Å². The van der Waals surface area contributed by atoms with Gasteiger partial charge in [-0.25, -0.2) is 0 Å². The number of aromatic nitrogens is 2. The first-order chi connectivity index (χ1) is 6.04. The van der Waals surface area contributed by atoms with E-state index < -0.39 is 11.2 Å². The van der Waals surface area contributed by atoms with Crippen LogP contribution in [0.3, 0.4) is 0 Å². The normalized spacial score (nSPS) is 11.7. The number of halogens is 3. The molecule has 0 aliphatic heterocycles. The molecule has 0 saturated heterocycles. The Morgan fingerprint density at radius 1 is 1.38 bits per heavy atom. The molecule has 0 bridgehead atoms. The van der Waals surface area contributed by atoms with Crippen LogP contribution in [0.5, 0.6) is 0 Å². The van der Waals surface area contributed by atoms with E-state index in [1.54, 1.807) is 0 Å². The summed E-state index contributed by atoms with van der Waals surface area (Å²) >= 11 is 0.466. The summed E-state index contributed by atoms with van der Waals surface area (Å²) in [4.78, 5) is 0. The highest BCUT2D eigenvalue weighted by molar-refractivity contribution is 7.15. The van der Waals surface area contributed by atoms with Gasteiger partial charge in [0.05, 0.1) is 0 Å². The summed E-state index contributed by atoms with van der Waals surface area (Å²) in [6.07, 6.45) is -4.42. The number of alkyl halides is 3. The number of anilines is 1. The molecule has 1 aromatic rings. The zero-order valence-corrected chi connectivity index (χ0v) is 7.24. The van der Waals surface area contributed by atoms with Crippen LogP contribution in [0.15, 0.2) is 0 Å². The Kier molecular flexibility index (Phi) is 3.04. The van der Waals surface area contributed by atoms with Crippen molar-refractivity contribution in [1.82, 2.24) is 10.2 Å². The lowest BCUT2D eigenvalue weighted by Gasteiger charge is -1.98. The molecule has 0 aromatic carbocycles. The Morgan fingerprint density at radius 2 is 2.08 bits per heavy atom. The van der Waals surface area contributed by atoms with E-state index >= 15 is 0 Å². The van der Waals surface area contributed by atoms with Crippen molar-refractivity contribution >= 4 is 16.5 Å². The van der Waals surface area contributed by atoms with E-state index in [0.29, 0.717) is 24.4 Å². The Hall–Kier alpha value is -0.890. The van der Waals surface area contributed by atoms with Crippen molar-refractivity contribution in [3.05, 3.63) is 5.01 Å². The monoisotopic (exact) mass is 212 g/mol. The minimum absolute atomic E-state index is 0.137. The van der Waals surface area contributed by atoms with Gasteiger partial charge in [0.25, 0.3) is 0 Å². The van der Waals surface area contributed by atoms with Crippen LogP contribution in [0.2, 0.25) is 0 Å². The van der Waals surface area contributed by atoms with Gasteiger partial charge in [-0.1, -0.05) is 11.3 Å². The van der Waals surface area contributed by atoms with Gasteiger partial charge in [0, 0.05) is 13.1 Å². The minimum atomic E-state index is -4.42. The van der Waals surface area contributed by atoms with E-state index in [-0.39, 0.29) is 5.13 Å². The van der Waals surface area contributed by atoms with Crippen LogP contribution in [-0.2, 0) is 6.18 Å². The van der Waals surface area contributed by atoms with E-state index in [0.717, 1.165) is 0 Å². The third-order valence-corrected chi connectivity index (χ3v) is 2.01. The number of rotatable bonds is 3. The standard InChI is InChI=1S/C5H7F3N4S/c6-5(7,8)3-11-12-4(13-3)10-2-1-9/h1-2,9H2,(H,10,12). The molecule has 1 rings (SSSR count). The zero-order chi connectivity index (χ0) is 9.90. The second-order valence-electron chi connectivity index (χ2n) is 2.13. The first-order valence-corrected chi connectivity index (χ1v) is 4.20. The predicted octanol–water partition coefficient (Wildman–Crippen LogP) is 0.928. The largest absolute Gasteiger partial charge is 0.445 e. The maximum Gasteiger partial charge on any atom is 0.445 e. The van der Waals surface area contributed by atoms with Gasteiger partial charge >= 0.3 is 6.18 Å². The molecule has 74 valence electrons. The second kappa shape index (κ2) is 3.88. The molecule has 13 heavy (non-hydrogen) atoms. The summed E-state index contributed by atoms with van der Waals surface area (Å²) in [6.45, 7) is 0.716. The number of hydrogen-bond donors (Lipinski definition) is 2. The number of nitrogens with zero attached hydrogens (tertiary/aromatic N) is 2. The van der Waals surface area contributed by atoms with E-state index in [1.165, 1.54) is 0 Å². The van der Waals surface area contributed by atoms with Gasteiger partial charge in [-0.2, -0.15) is 13.2 Å². The fourth-order valence-electron chi connectivity index (χ4n) is 0.588. The molecule has 0 aliphatic rings. The Balaban J connectivity index is 2.64. The number of nitrogens with two attached hydrogens (primary N) is 1. The van der Waals surface area contributed by atoms with Crippen molar-refractivity contribution in [2.24, 2.45) is 5.73 Å². The van der Waals surface area contributed by atoms with Crippen LogP contribution in [0.25, 0.3) is 0 Å². The molecule has 0 amide bonds. The lowest BCUT2D eigenvalue weighted by Crippen LogP contribution is -2.12. The summed E-state index contributed by atoms with van der Waals surface area (Å²) in [5.74, 6) is 0. The maximum absolute atomic E-state index is 12.0. The van der Waals surface area contributed by atoms with E-state index in [2.05, 4.69) is 15.5 Å². The molecular formula is C5H7F3N4S. The maximum atomic E-state index is 12.0. The Bertz CT molecular complexity index is 271. The van der Waals surface area contributed by atoms with Crippen LogP contribution < -0.4 is 11.1 Å². The molecule has 8 heteroatoms. The molecule has 1 heterocycles. The zero-order valence-electron chi connectivity index (χ0n) is 6.43. The van der Waals surface area contributed by atoms with Crippen molar-refractivity contribution in [3.63, 3.8) is 0 Å². The molecule has 0 atom stereocenters. The molecule has 0 spiro atoms. The van der Waals surface area contributed by atoms with Gasteiger partial charge < -0.3 is 11.1 Å². The van der Waals surface area contributed by atoms with E-state index in [1.807, 2.05) is 0 Å². The fraction of sp³-hybridized carbons (Fsp3) is 0.600. The summed E-state index contributed by atoms with van der Waals surface area (Å²) in [7, 11) is 0. The van der Waals surface area contributed by atoms with Crippen LogP contribution in [0.4, 0.5) is 18.3 Å². The third kappa shape index (κ3) is 2.81. The minimum Gasteiger partial charge on any atom is -0.359 e. The number of nitrogens with one attached hydrogen (secondary N) is 1. The lowest BCUT2D eigenvalue weighted by atomic mass is 10.7. The molecular weight excluding hydrogens is 205 g/mol. The highest BCUT2D eigenvalue weighted by Gasteiger charge is 2.35. The van der Waals surface area contributed by atoms with Crippen LogP contribution in [0.1, 0.15) is 5.01 Å². The lowest BCUT2D eigenvalue weighted by molar-refractivity contribution is -0.138. The molecule has 4 nitrogen and oxygen atoms in total. The fourth-order valence-corrected chi connectivity index (χ4v) is 1.22. The van der Waals surface area contributed by atoms with Crippen molar-refractivity contribution < 1.29 is 13.2 Å². The molecule has 0 saturated carbocycles. The van der Waals surface area contributed by atoms with E-state index in [4.69, 9.17) is 5.73 Å². The molecule has 0 unspecified atom stereocenters. The van der Waals surface area contributed by atoms with Gasteiger partial charge in [-0.05, 0) is 0 Å². The van der Waals surface area contributed by atoms with E-state index in [9.17, 15) is 13.2 Å². The number of hydrogen-bond acceptors (Lipinski definition) is 5. The van der Waals surface area contributed by atoms with Gasteiger partial charge in [-0.3, -0.25) is 0 Å². The van der Waals surface area contributed by atoms with Crippen LogP contribution in [0, 0.1) is 0 Å². The molecule has 1 aromatic heterocycles. The second-order valence-corrected chi connectivity index (χ2v) is 3.10. The highest BCUT2D eigenvalue weighted by Crippen LogP contribution is 2.32. The summed E-state index contributed by atoms with van der Waals surface area (Å²) < 4.78 is 35.9. The van der Waals surface area contributed by atoms with Crippen molar-refractivity contribution in [2.75, 3.05) is 18.4 Å². The Morgan fingerprint density at radius 3 is 2.54 bits per heavy atom. The Labute approximate surface area is 76.0 Å². The summed E-state index contributed by atoms with van der Waals surface area (Å²) in [5.41, 5.74) is 5.14. The molecule has 0 fully saturated rings. The van der Waals surface area contributed by atoms with Crippen molar-refractivity contribution in [1.29, 1.82) is 0 Å².